The Labute approximate surface area is 234 Å². The molecule has 0 radical (unpaired) electrons. The van der Waals surface area contributed by atoms with Crippen molar-refractivity contribution in [3.8, 4) is 12.1 Å². The molecule has 4 atom stereocenters. The molecule has 0 saturated carbocycles. The summed E-state index contributed by atoms with van der Waals surface area (Å²) in [6.45, 7) is 7.76. The molecule has 2 aromatic rings. The molecule has 9 nitrogen and oxygen atoms in total. The Morgan fingerprint density at radius 3 is 2.95 bits per heavy atom. The van der Waals surface area contributed by atoms with Gasteiger partial charge in [-0.05, 0) is 63.6 Å². The molecule has 0 bridgehead atoms. The van der Waals surface area contributed by atoms with Gasteiger partial charge in [0.25, 0.3) is 0 Å². The molecule has 1 spiro atoms. The molecule has 2 fully saturated rings. The fourth-order valence-electron chi connectivity index (χ4n) is 7.22. The van der Waals surface area contributed by atoms with Crippen molar-refractivity contribution in [2.75, 3.05) is 37.4 Å². The van der Waals surface area contributed by atoms with Crippen molar-refractivity contribution in [3.05, 3.63) is 40.1 Å². The number of hydrogen-bond acceptors (Lipinski definition) is 9. The number of rotatable bonds is 6. The first-order valence-electron chi connectivity index (χ1n) is 14.4. The van der Waals surface area contributed by atoms with Gasteiger partial charge >= 0.3 is 6.01 Å². The summed E-state index contributed by atoms with van der Waals surface area (Å²) in [6.07, 6.45) is 3.63. The second kappa shape index (κ2) is 9.82. The normalized spacial score (nSPS) is 29.5. The number of aromatic nitrogens is 2. The van der Waals surface area contributed by atoms with E-state index in [1.807, 2.05) is 26.0 Å². The van der Waals surface area contributed by atoms with Crippen LogP contribution in [0.5, 0.6) is 6.01 Å². The van der Waals surface area contributed by atoms with Gasteiger partial charge in [0.15, 0.2) is 0 Å². The van der Waals surface area contributed by atoms with Gasteiger partial charge in [-0.25, -0.2) is 4.39 Å². The molecule has 1 aliphatic carbocycles. The van der Waals surface area contributed by atoms with E-state index >= 15 is 0 Å². The lowest BCUT2D eigenvalue weighted by Crippen LogP contribution is -2.44. The maximum Gasteiger partial charge on any atom is 0.318 e. The molecule has 1 aromatic carbocycles. The fraction of sp³-hybridized carbons (Fsp3) is 0.633. The average molecular weight is 551 g/mol. The molecule has 4 heterocycles. The lowest BCUT2D eigenvalue weighted by Gasteiger charge is -2.44. The molecule has 0 amide bonds. The molecular weight excluding hydrogens is 511 g/mol. The van der Waals surface area contributed by atoms with Crippen LogP contribution in [0.3, 0.4) is 0 Å². The van der Waals surface area contributed by atoms with Gasteiger partial charge in [0.1, 0.15) is 30.3 Å². The average Bonchev–Trinajstić information content (AvgIpc) is 3.45. The Morgan fingerprint density at radius 2 is 2.17 bits per heavy atom. The van der Waals surface area contributed by atoms with Crippen molar-refractivity contribution in [2.45, 2.75) is 94.7 Å². The van der Waals surface area contributed by atoms with Crippen molar-refractivity contribution in [1.29, 1.82) is 5.26 Å². The third-order valence-corrected chi connectivity index (χ3v) is 9.45. The van der Waals surface area contributed by atoms with E-state index in [-0.39, 0.29) is 30.7 Å². The van der Waals surface area contributed by atoms with Crippen molar-refractivity contribution in [1.82, 2.24) is 14.9 Å². The first-order chi connectivity index (χ1) is 19.1. The monoisotopic (exact) mass is 550 g/mol. The molecule has 1 aromatic heterocycles. The number of nitrogens with two attached hydrogens (primary N) is 1. The number of alkyl halides is 1. The van der Waals surface area contributed by atoms with Crippen LogP contribution in [0, 0.1) is 11.3 Å². The number of hydrogen-bond donors (Lipinski definition) is 3. The van der Waals surface area contributed by atoms with Gasteiger partial charge in [0, 0.05) is 36.2 Å². The topological polar surface area (TPSA) is 130 Å². The number of anilines is 2. The molecule has 3 aliphatic heterocycles. The summed E-state index contributed by atoms with van der Waals surface area (Å²) in [5.41, 5.74) is 9.06. The third kappa shape index (κ3) is 4.48. The summed E-state index contributed by atoms with van der Waals surface area (Å²) in [7, 11) is 0. The van der Waals surface area contributed by atoms with Gasteiger partial charge in [-0.1, -0.05) is 13.0 Å². The van der Waals surface area contributed by atoms with Crippen LogP contribution < -0.4 is 15.8 Å². The lowest BCUT2D eigenvalue weighted by atomic mass is 9.69. The number of halogens is 1. The van der Waals surface area contributed by atoms with Crippen LogP contribution in [0.4, 0.5) is 15.9 Å². The second-order valence-electron chi connectivity index (χ2n) is 12.8. The number of nitrogens with one attached hydrogen (secondary N) is 1. The molecule has 40 heavy (non-hydrogen) atoms. The quantitative estimate of drug-likeness (QED) is 0.458. The van der Waals surface area contributed by atoms with Gasteiger partial charge < -0.3 is 25.6 Å². The van der Waals surface area contributed by atoms with Crippen LogP contribution in [0.1, 0.15) is 86.7 Å². The highest BCUT2D eigenvalue weighted by atomic mass is 19.1. The number of ether oxygens (including phenoxy) is 2. The number of nitrogen functional groups attached to an aromatic ring is 1. The smallest absolute Gasteiger partial charge is 0.318 e. The minimum Gasteiger partial charge on any atom is -0.461 e. The lowest BCUT2D eigenvalue weighted by molar-refractivity contribution is -0.0872. The second-order valence-corrected chi connectivity index (χ2v) is 12.8. The summed E-state index contributed by atoms with van der Waals surface area (Å²) >= 11 is 0. The molecule has 2 saturated heterocycles. The standard InChI is InChI=1S/C30H39FN6O3/c1-18-7-9-30(25-20(18)5-6-23(33)21(25)13-32)12-24-22(15-40-30)26(36-28(2,3)16-38)35-27(34-24)39-17-29-8-4-10-37(29)14-19(31)11-29/h5-6,18-19,38H,4,7-12,14-17,33H2,1-3H3,(H,34,35,36). The molecule has 4 aliphatic rings. The first kappa shape index (κ1) is 27.2. The zero-order chi connectivity index (χ0) is 28.3. The first-order valence-corrected chi connectivity index (χ1v) is 14.4. The van der Waals surface area contributed by atoms with Crippen LogP contribution in [-0.2, 0) is 23.4 Å². The largest absolute Gasteiger partial charge is 0.461 e. The van der Waals surface area contributed by atoms with E-state index in [2.05, 4.69) is 23.2 Å². The predicted molar refractivity (Wildman–Crippen MR) is 149 cm³/mol. The van der Waals surface area contributed by atoms with Crippen molar-refractivity contribution >= 4 is 11.5 Å². The predicted octanol–water partition coefficient (Wildman–Crippen LogP) is 3.93. The van der Waals surface area contributed by atoms with Crippen molar-refractivity contribution < 1.29 is 19.0 Å². The molecule has 4 N–H and O–H groups in total. The van der Waals surface area contributed by atoms with E-state index in [1.54, 1.807) is 0 Å². The Morgan fingerprint density at radius 1 is 1.35 bits per heavy atom. The number of benzene rings is 1. The van der Waals surface area contributed by atoms with Gasteiger partial charge in [-0.3, -0.25) is 4.90 Å². The number of aliphatic hydroxyl groups is 1. The Hall–Kier alpha value is -3.00. The SMILES string of the molecule is CC1CCC2(Cc3nc(OCC45CCCN4CC(F)C5)nc(NC(C)(C)CO)c3CO2)c2c1ccc(N)c2C#N. The van der Waals surface area contributed by atoms with Crippen LogP contribution in [0.25, 0.3) is 0 Å². The number of nitriles is 1. The zero-order valence-electron chi connectivity index (χ0n) is 23.6. The van der Waals surface area contributed by atoms with Crippen LogP contribution >= 0.6 is 0 Å². The van der Waals surface area contributed by atoms with E-state index in [9.17, 15) is 14.8 Å². The maximum absolute atomic E-state index is 14.4. The van der Waals surface area contributed by atoms with E-state index in [0.717, 1.165) is 54.6 Å². The van der Waals surface area contributed by atoms with Crippen LogP contribution in [0.2, 0.25) is 0 Å². The summed E-state index contributed by atoms with van der Waals surface area (Å²) in [6, 6.07) is 6.40. The van der Waals surface area contributed by atoms with Crippen LogP contribution in [-0.4, -0.2) is 63.5 Å². The van der Waals surface area contributed by atoms with Gasteiger partial charge in [-0.2, -0.15) is 15.2 Å². The zero-order valence-corrected chi connectivity index (χ0v) is 23.6. The van der Waals surface area contributed by atoms with E-state index in [0.29, 0.717) is 43.1 Å². The van der Waals surface area contributed by atoms with Crippen molar-refractivity contribution in [3.63, 3.8) is 0 Å². The highest BCUT2D eigenvalue weighted by Gasteiger charge is 2.50. The number of aliphatic hydroxyl groups excluding tert-OH is 1. The van der Waals surface area contributed by atoms with E-state index in [4.69, 9.17) is 25.2 Å². The molecule has 10 heteroatoms. The highest BCUT2D eigenvalue weighted by molar-refractivity contribution is 5.64. The minimum atomic E-state index is -0.844. The summed E-state index contributed by atoms with van der Waals surface area (Å²) in [5, 5.41) is 23.4. The Balaban J connectivity index is 1.39. The van der Waals surface area contributed by atoms with Gasteiger partial charge in [0.2, 0.25) is 0 Å². The molecule has 4 unspecified atom stereocenters. The summed E-state index contributed by atoms with van der Waals surface area (Å²) < 4.78 is 27.3. The van der Waals surface area contributed by atoms with E-state index < -0.39 is 17.3 Å². The van der Waals surface area contributed by atoms with Crippen LogP contribution in [0.15, 0.2) is 12.1 Å². The number of fused-ring (bicyclic) bond motifs is 4. The highest BCUT2D eigenvalue weighted by Crippen LogP contribution is 2.51. The Kier molecular flexibility index (Phi) is 6.68. The number of nitrogens with zero attached hydrogens (tertiary/aromatic N) is 4. The summed E-state index contributed by atoms with van der Waals surface area (Å²) in [4.78, 5) is 11.8. The van der Waals surface area contributed by atoms with Gasteiger partial charge in [0.05, 0.1) is 35.5 Å². The summed E-state index contributed by atoms with van der Waals surface area (Å²) in [5.74, 6) is 0.839. The third-order valence-electron chi connectivity index (χ3n) is 9.45. The van der Waals surface area contributed by atoms with Crippen molar-refractivity contribution in [2.24, 2.45) is 0 Å². The van der Waals surface area contributed by atoms with Gasteiger partial charge in [-0.15, -0.1) is 0 Å². The van der Waals surface area contributed by atoms with E-state index in [1.165, 1.54) is 0 Å². The molecular formula is C30H39FN6O3. The minimum absolute atomic E-state index is 0.0984. The molecule has 6 rings (SSSR count). The maximum atomic E-state index is 14.4. The molecule has 214 valence electrons. The fourth-order valence-corrected chi connectivity index (χ4v) is 7.22. The Bertz CT molecular complexity index is 1360.